The van der Waals surface area contributed by atoms with Crippen molar-refractivity contribution < 1.29 is 19.1 Å². The lowest BCUT2D eigenvalue weighted by molar-refractivity contribution is -0.142. The second-order valence-corrected chi connectivity index (χ2v) is 5.52. The lowest BCUT2D eigenvalue weighted by Crippen LogP contribution is -2.40. The molecule has 1 aromatic rings. The van der Waals surface area contributed by atoms with Gasteiger partial charge in [0.25, 0.3) is 5.91 Å². The Labute approximate surface area is 124 Å². The third-order valence-electron chi connectivity index (χ3n) is 3.40. The summed E-state index contributed by atoms with van der Waals surface area (Å²) in [5.74, 6) is -2.90. The highest BCUT2D eigenvalue weighted by atomic mass is 35.5. The second-order valence-electron chi connectivity index (χ2n) is 4.70. The summed E-state index contributed by atoms with van der Waals surface area (Å²) in [6.45, 7) is 0. The number of carbonyl (C=O) groups excluding carboxylic acids is 1. The molecule has 2 unspecified atom stereocenters. The van der Waals surface area contributed by atoms with Crippen LogP contribution in [0.1, 0.15) is 29.6 Å². The molecule has 0 aliphatic heterocycles. The van der Waals surface area contributed by atoms with Crippen LogP contribution in [0.3, 0.4) is 0 Å². The number of hydrogen-bond acceptors (Lipinski definition) is 2. The van der Waals surface area contributed by atoms with E-state index in [1.54, 1.807) is 0 Å². The Bertz CT molecular complexity index is 565. The standard InChI is InChI=1S/C13H12Cl2FNO3/c14-8-5-9(15)10(16)4-7(8)12(18)17-11-3-1-2-6(11)13(19)20/h4-6,11H,1-3H2,(H,17,18)(H,19,20). The number of aliphatic carboxylic acids is 1. The van der Waals surface area contributed by atoms with Crippen LogP contribution in [0.2, 0.25) is 10.0 Å². The van der Waals surface area contributed by atoms with Gasteiger partial charge in [-0.15, -0.1) is 0 Å². The van der Waals surface area contributed by atoms with Crippen LogP contribution in [-0.2, 0) is 4.79 Å². The molecule has 0 bridgehead atoms. The second kappa shape index (κ2) is 5.97. The predicted octanol–water partition coefficient (Wildman–Crippen LogP) is 3.12. The Balaban J connectivity index is 2.16. The molecular formula is C13H12Cl2FNO3. The minimum Gasteiger partial charge on any atom is -0.481 e. The van der Waals surface area contributed by atoms with Crippen molar-refractivity contribution in [1.82, 2.24) is 5.32 Å². The smallest absolute Gasteiger partial charge is 0.308 e. The van der Waals surface area contributed by atoms with Gasteiger partial charge in [0, 0.05) is 6.04 Å². The van der Waals surface area contributed by atoms with Gasteiger partial charge in [0.1, 0.15) is 5.82 Å². The number of hydrogen-bond donors (Lipinski definition) is 2. The molecule has 4 nitrogen and oxygen atoms in total. The normalized spacial score (nSPS) is 21.8. The van der Waals surface area contributed by atoms with Gasteiger partial charge in [-0.25, -0.2) is 4.39 Å². The first-order valence-electron chi connectivity index (χ1n) is 6.08. The molecule has 1 aliphatic rings. The van der Waals surface area contributed by atoms with Crippen LogP contribution in [0.15, 0.2) is 12.1 Å². The largest absolute Gasteiger partial charge is 0.481 e. The van der Waals surface area contributed by atoms with Crippen LogP contribution >= 0.6 is 23.2 Å². The summed E-state index contributed by atoms with van der Waals surface area (Å²) >= 11 is 11.4. The van der Waals surface area contributed by atoms with Crippen LogP contribution in [0.25, 0.3) is 0 Å². The fourth-order valence-corrected chi connectivity index (χ4v) is 2.84. The van der Waals surface area contributed by atoms with Gasteiger partial charge in [-0.2, -0.15) is 0 Å². The molecule has 0 radical (unpaired) electrons. The van der Waals surface area contributed by atoms with E-state index in [9.17, 15) is 14.0 Å². The van der Waals surface area contributed by atoms with Crippen LogP contribution in [0.5, 0.6) is 0 Å². The molecule has 1 fully saturated rings. The van der Waals surface area contributed by atoms with Gasteiger partial charge >= 0.3 is 5.97 Å². The van der Waals surface area contributed by atoms with Gasteiger partial charge in [0.15, 0.2) is 0 Å². The van der Waals surface area contributed by atoms with Crippen LogP contribution < -0.4 is 5.32 Å². The van der Waals surface area contributed by atoms with E-state index in [1.807, 2.05) is 0 Å². The summed E-state index contributed by atoms with van der Waals surface area (Å²) in [7, 11) is 0. The first-order chi connectivity index (χ1) is 9.40. The lowest BCUT2D eigenvalue weighted by atomic mass is 10.0. The van der Waals surface area contributed by atoms with E-state index in [4.69, 9.17) is 28.3 Å². The molecule has 0 heterocycles. The van der Waals surface area contributed by atoms with Crippen molar-refractivity contribution in [3.63, 3.8) is 0 Å². The minimum atomic E-state index is -0.943. The van der Waals surface area contributed by atoms with E-state index in [-0.39, 0.29) is 15.6 Å². The Hall–Kier alpha value is -1.33. The number of rotatable bonds is 3. The van der Waals surface area contributed by atoms with Gasteiger partial charge in [0.2, 0.25) is 0 Å². The zero-order valence-electron chi connectivity index (χ0n) is 10.3. The first-order valence-corrected chi connectivity index (χ1v) is 6.84. The summed E-state index contributed by atoms with van der Waals surface area (Å²) in [6, 6.07) is 1.64. The number of amides is 1. The highest BCUT2D eigenvalue weighted by Gasteiger charge is 2.34. The van der Waals surface area contributed by atoms with E-state index < -0.39 is 29.7 Å². The molecular weight excluding hydrogens is 308 g/mol. The Morgan fingerprint density at radius 1 is 1.25 bits per heavy atom. The monoisotopic (exact) mass is 319 g/mol. The molecule has 1 aliphatic carbocycles. The topological polar surface area (TPSA) is 66.4 Å². The van der Waals surface area contributed by atoms with Gasteiger partial charge in [-0.1, -0.05) is 29.6 Å². The highest BCUT2D eigenvalue weighted by molar-refractivity contribution is 6.36. The zero-order valence-corrected chi connectivity index (χ0v) is 11.8. The van der Waals surface area contributed by atoms with E-state index in [1.165, 1.54) is 0 Å². The molecule has 2 atom stereocenters. The predicted molar refractivity (Wildman–Crippen MR) is 72.7 cm³/mol. The molecule has 7 heteroatoms. The lowest BCUT2D eigenvalue weighted by Gasteiger charge is -2.18. The van der Waals surface area contributed by atoms with Crippen LogP contribution in [0, 0.1) is 11.7 Å². The van der Waals surface area contributed by atoms with Crippen molar-refractivity contribution in [2.24, 2.45) is 5.92 Å². The maximum Gasteiger partial charge on any atom is 0.308 e. The van der Waals surface area contributed by atoms with E-state index in [0.29, 0.717) is 12.8 Å². The first kappa shape index (κ1) is 15.1. The summed E-state index contributed by atoms with van der Waals surface area (Å²) in [5.41, 5.74) is -0.0513. The molecule has 2 N–H and O–H groups in total. The number of carboxylic acids is 1. The van der Waals surface area contributed by atoms with Crippen LogP contribution in [0.4, 0.5) is 4.39 Å². The van der Waals surface area contributed by atoms with Crippen molar-refractivity contribution >= 4 is 35.1 Å². The number of carboxylic acid groups (broad SMARTS) is 1. The van der Waals surface area contributed by atoms with Crippen molar-refractivity contribution in [3.8, 4) is 0 Å². The summed E-state index contributed by atoms with van der Waals surface area (Å²) in [4.78, 5) is 23.1. The van der Waals surface area contributed by atoms with Crippen molar-refractivity contribution in [2.75, 3.05) is 0 Å². The quantitative estimate of drug-likeness (QED) is 0.841. The van der Waals surface area contributed by atoms with Gasteiger partial charge < -0.3 is 10.4 Å². The minimum absolute atomic E-state index is 0.0266. The van der Waals surface area contributed by atoms with E-state index in [0.717, 1.165) is 18.6 Å². The average molecular weight is 320 g/mol. The Kier molecular flexibility index (Phi) is 4.50. The molecule has 1 amide bonds. The highest BCUT2D eigenvalue weighted by Crippen LogP contribution is 2.28. The average Bonchev–Trinajstić information content (AvgIpc) is 2.81. The third-order valence-corrected chi connectivity index (χ3v) is 4.01. The SMILES string of the molecule is O=C(NC1CCCC1C(=O)O)c1cc(F)c(Cl)cc1Cl. The molecule has 2 rings (SSSR count). The Morgan fingerprint density at radius 3 is 2.60 bits per heavy atom. The summed E-state index contributed by atoms with van der Waals surface area (Å²) in [5, 5.41) is 11.5. The van der Waals surface area contributed by atoms with Gasteiger partial charge in [-0.3, -0.25) is 9.59 Å². The Morgan fingerprint density at radius 2 is 1.95 bits per heavy atom. The van der Waals surface area contributed by atoms with Gasteiger partial charge in [-0.05, 0) is 25.0 Å². The zero-order chi connectivity index (χ0) is 14.9. The number of benzene rings is 1. The molecule has 0 aromatic heterocycles. The molecule has 20 heavy (non-hydrogen) atoms. The molecule has 108 valence electrons. The molecule has 1 saturated carbocycles. The van der Waals surface area contributed by atoms with E-state index >= 15 is 0 Å². The maximum absolute atomic E-state index is 13.4. The summed E-state index contributed by atoms with van der Waals surface area (Å²) in [6.07, 6.45) is 1.82. The molecule has 0 saturated heterocycles. The maximum atomic E-state index is 13.4. The van der Waals surface area contributed by atoms with Crippen molar-refractivity contribution in [3.05, 3.63) is 33.6 Å². The van der Waals surface area contributed by atoms with Crippen molar-refractivity contribution in [1.29, 1.82) is 0 Å². The molecule has 1 aromatic carbocycles. The van der Waals surface area contributed by atoms with Gasteiger partial charge in [0.05, 0.1) is 21.5 Å². The number of carbonyl (C=O) groups is 2. The summed E-state index contributed by atoms with van der Waals surface area (Å²) < 4.78 is 13.4. The number of nitrogens with one attached hydrogen (secondary N) is 1. The number of halogens is 3. The third kappa shape index (κ3) is 3.04. The van der Waals surface area contributed by atoms with Crippen molar-refractivity contribution in [2.45, 2.75) is 25.3 Å². The van der Waals surface area contributed by atoms with E-state index in [2.05, 4.69) is 5.32 Å². The molecule has 0 spiro atoms. The fourth-order valence-electron chi connectivity index (χ4n) is 2.37. The fraction of sp³-hybridized carbons (Fsp3) is 0.385. The van der Waals surface area contributed by atoms with Crippen LogP contribution in [-0.4, -0.2) is 23.0 Å².